The van der Waals surface area contributed by atoms with Crippen LogP contribution in [0.25, 0.3) is 0 Å². The number of hydrogen-bond acceptors (Lipinski definition) is 3. The van der Waals surface area contributed by atoms with Gasteiger partial charge < -0.3 is 9.90 Å². The fourth-order valence-corrected chi connectivity index (χ4v) is 2.96. The Hall–Kier alpha value is -2.62. The lowest BCUT2D eigenvalue weighted by molar-refractivity contribution is -0.313. The number of nitrogens with zero attached hydrogens (tertiary/aromatic N) is 1. The number of benzene rings is 2. The summed E-state index contributed by atoms with van der Waals surface area (Å²) in [5.41, 5.74) is -0.285. The number of carboxylic acids is 1. The summed E-state index contributed by atoms with van der Waals surface area (Å²) in [5, 5.41) is 11.9. The molecule has 1 fully saturated rings. The Morgan fingerprint density at radius 1 is 1.00 bits per heavy atom. The van der Waals surface area contributed by atoms with Crippen LogP contribution in [0.5, 0.6) is 0 Å². The molecule has 0 saturated carbocycles. The lowest BCUT2D eigenvalue weighted by Crippen LogP contribution is -2.55. The maximum Gasteiger partial charge on any atom is 0.228 e. The molecule has 0 spiro atoms. The van der Waals surface area contributed by atoms with Gasteiger partial charge in [-0.25, -0.2) is 0 Å². The van der Waals surface area contributed by atoms with Crippen molar-refractivity contribution >= 4 is 17.6 Å². The summed E-state index contributed by atoms with van der Waals surface area (Å²) in [6, 6.07) is 17.7. The van der Waals surface area contributed by atoms with Crippen molar-refractivity contribution in [2.45, 2.75) is 18.4 Å². The van der Waals surface area contributed by atoms with Gasteiger partial charge in [-0.05, 0) is 24.1 Å². The van der Waals surface area contributed by atoms with Gasteiger partial charge in [-0.3, -0.25) is 9.69 Å². The lowest BCUT2D eigenvalue weighted by atomic mass is 9.87. The number of para-hydroxylation sites is 1. The Morgan fingerprint density at radius 2 is 1.57 bits per heavy atom. The standard InChI is InChI=1S/C17H15NO3/c19-15-11-12-17(16(20)21,13-7-3-1-4-8-13)18(15)14-9-5-2-6-10-14/h1-10H,11-12H2,(H,20,21)/p-1/t17-/m1/s1. The Balaban J connectivity index is 2.20. The highest BCUT2D eigenvalue weighted by Gasteiger charge is 2.48. The van der Waals surface area contributed by atoms with Gasteiger partial charge in [-0.2, -0.15) is 0 Å². The van der Waals surface area contributed by atoms with Crippen LogP contribution in [0, 0.1) is 0 Å². The molecule has 0 aliphatic carbocycles. The van der Waals surface area contributed by atoms with Crippen molar-refractivity contribution in [1.29, 1.82) is 0 Å². The highest BCUT2D eigenvalue weighted by molar-refractivity contribution is 6.04. The zero-order valence-electron chi connectivity index (χ0n) is 11.4. The monoisotopic (exact) mass is 280 g/mol. The Bertz CT molecular complexity index is 669. The van der Waals surface area contributed by atoms with E-state index < -0.39 is 11.5 Å². The van der Waals surface area contributed by atoms with Crippen molar-refractivity contribution in [1.82, 2.24) is 0 Å². The second-order valence-corrected chi connectivity index (χ2v) is 5.08. The highest BCUT2D eigenvalue weighted by atomic mass is 16.4. The van der Waals surface area contributed by atoms with Crippen molar-refractivity contribution in [3.63, 3.8) is 0 Å². The van der Waals surface area contributed by atoms with E-state index in [1.807, 2.05) is 12.1 Å². The molecule has 0 bridgehead atoms. The van der Waals surface area contributed by atoms with Crippen LogP contribution >= 0.6 is 0 Å². The number of aliphatic carboxylic acids is 1. The SMILES string of the molecule is O=C1CC[C@](C(=O)[O-])(c2ccccc2)N1c1ccccc1. The zero-order valence-corrected chi connectivity index (χ0v) is 11.4. The molecule has 1 atom stereocenters. The van der Waals surface area contributed by atoms with Gasteiger partial charge in [0.1, 0.15) is 5.54 Å². The van der Waals surface area contributed by atoms with Crippen molar-refractivity contribution in [3.8, 4) is 0 Å². The van der Waals surface area contributed by atoms with Crippen molar-refractivity contribution < 1.29 is 14.7 Å². The molecule has 2 aromatic carbocycles. The third kappa shape index (κ3) is 2.00. The molecule has 1 heterocycles. The fraction of sp³-hybridized carbons (Fsp3) is 0.176. The van der Waals surface area contributed by atoms with Crippen molar-refractivity contribution in [2.75, 3.05) is 4.90 Å². The van der Waals surface area contributed by atoms with Gasteiger partial charge in [-0.15, -0.1) is 0 Å². The molecule has 3 rings (SSSR count). The smallest absolute Gasteiger partial charge is 0.228 e. The topological polar surface area (TPSA) is 60.4 Å². The van der Waals surface area contributed by atoms with Crippen LogP contribution in [0.4, 0.5) is 5.69 Å². The third-order valence-electron chi connectivity index (χ3n) is 3.94. The second-order valence-electron chi connectivity index (χ2n) is 5.08. The molecule has 106 valence electrons. The summed E-state index contributed by atoms with van der Waals surface area (Å²) < 4.78 is 0. The van der Waals surface area contributed by atoms with Crippen LogP contribution in [0.3, 0.4) is 0 Å². The zero-order chi connectivity index (χ0) is 14.9. The summed E-state index contributed by atoms with van der Waals surface area (Å²) in [7, 11) is 0. The van der Waals surface area contributed by atoms with Crippen LogP contribution in [0.15, 0.2) is 60.7 Å². The molecule has 0 radical (unpaired) electrons. The van der Waals surface area contributed by atoms with Crippen molar-refractivity contribution in [2.24, 2.45) is 0 Å². The maximum absolute atomic E-state index is 12.3. The van der Waals surface area contributed by atoms with Gasteiger partial charge >= 0.3 is 0 Å². The molecule has 0 N–H and O–H groups in total. The molecule has 1 aliphatic heterocycles. The van der Waals surface area contributed by atoms with Crippen LogP contribution < -0.4 is 10.0 Å². The average molecular weight is 280 g/mol. The molecule has 1 amide bonds. The number of hydrogen-bond donors (Lipinski definition) is 0. The number of carbonyl (C=O) groups is 2. The van der Waals surface area contributed by atoms with Crippen LogP contribution in [-0.4, -0.2) is 11.9 Å². The number of anilines is 1. The van der Waals surface area contributed by atoms with Gasteiger partial charge in [0.2, 0.25) is 5.91 Å². The first kappa shape index (κ1) is 13.4. The van der Waals surface area contributed by atoms with Gasteiger partial charge in [0, 0.05) is 12.1 Å². The molecule has 1 aliphatic rings. The third-order valence-corrected chi connectivity index (χ3v) is 3.94. The van der Waals surface area contributed by atoms with E-state index in [-0.39, 0.29) is 18.7 Å². The first-order valence-electron chi connectivity index (χ1n) is 6.81. The minimum atomic E-state index is -1.43. The Morgan fingerprint density at radius 3 is 2.14 bits per heavy atom. The van der Waals surface area contributed by atoms with Crippen LogP contribution in [0.2, 0.25) is 0 Å². The normalized spacial score (nSPS) is 21.5. The summed E-state index contributed by atoms with van der Waals surface area (Å²) >= 11 is 0. The molecular formula is C17H14NO3-. The van der Waals surface area contributed by atoms with E-state index >= 15 is 0 Å². The van der Waals surface area contributed by atoms with E-state index in [4.69, 9.17) is 0 Å². The quantitative estimate of drug-likeness (QED) is 0.855. The number of carbonyl (C=O) groups excluding carboxylic acids is 2. The predicted molar refractivity (Wildman–Crippen MR) is 76.3 cm³/mol. The predicted octanol–water partition coefficient (Wildman–Crippen LogP) is 1.46. The van der Waals surface area contributed by atoms with E-state index in [1.54, 1.807) is 48.5 Å². The first-order chi connectivity index (χ1) is 10.2. The molecule has 2 aromatic rings. The number of amides is 1. The van der Waals surface area contributed by atoms with Gasteiger partial charge in [0.05, 0.1) is 5.97 Å². The van der Waals surface area contributed by atoms with Gasteiger partial charge in [0.15, 0.2) is 0 Å². The molecule has 0 unspecified atom stereocenters. The minimum Gasteiger partial charge on any atom is -0.547 e. The summed E-state index contributed by atoms with van der Waals surface area (Å²) in [6.07, 6.45) is 0.408. The molecule has 4 heteroatoms. The maximum atomic E-state index is 12.3. The minimum absolute atomic E-state index is 0.192. The average Bonchev–Trinajstić information content (AvgIpc) is 2.87. The number of rotatable bonds is 3. The number of carboxylic acid groups (broad SMARTS) is 1. The molecule has 0 aromatic heterocycles. The Labute approximate surface area is 122 Å². The van der Waals surface area contributed by atoms with Gasteiger partial charge in [0.25, 0.3) is 0 Å². The molecular weight excluding hydrogens is 266 g/mol. The summed E-state index contributed by atoms with van der Waals surface area (Å²) in [6.45, 7) is 0. The highest BCUT2D eigenvalue weighted by Crippen LogP contribution is 2.42. The molecule has 4 nitrogen and oxygen atoms in total. The Kier molecular flexibility index (Phi) is 3.22. The lowest BCUT2D eigenvalue weighted by Gasteiger charge is -2.39. The van der Waals surface area contributed by atoms with E-state index in [2.05, 4.69) is 0 Å². The summed E-state index contributed by atoms with van der Waals surface area (Å²) in [4.78, 5) is 25.6. The van der Waals surface area contributed by atoms with Crippen LogP contribution in [-0.2, 0) is 15.1 Å². The van der Waals surface area contributed by atoms with E-state index in [1.165, 1.54) is 4.90 Å². The van der Waals surface area contributed by atoms with E-state index in [0.717, 1.165) is 0 Å². The first-order valence-corrected chi connectivity index (χ1v) is 6.81. The fourth-order valence-electron chi connectivity index (χ4n) is 2.96. The van der Waals surface area contributed by atoms with Crippen molar-refractivity contribution in [3.05, 3.63) is 66.2 Å². The summed E-state index contributed by atoms with van der Waals surface area (Å²) in [5.74, 6) is -1.45. The van der Waals surface area contributed by atoms with Gasteiger partial charge in [-0.1, -0.05) is 48.5 Å². The second kappa shape index (κ2) is 5.05. The van der Waals surface area contributed by atoms with E-state index in [9.17, 15) is 14.7 Å². The molecule has 1 saturated heterocycles. The van der Waals surface area contributed by atoms with E-state index in [0.29, 0.717) is 11.3 Å². The van der Waals surface area contributed by atoms with Crippen LogP contribution in [0.1, 0.15) is 18.4 Å². The molecule has 21 heavy (non-hydrogen) atoms. The largest absolute Gasteiger partial charge is 0.547 e.